The predicted molar refractivity (Wildman–Crippen MR) is 98.3 cm³/mol. The van der Waals surface area contributed by atoms with Crippen LogP contribution < -0.4 is 0 Å². The van der Waals surface area contributed by atoms with E-state index >= 15 is 0 Å². The van der Waals surface area contributed by atoms with Crippen LogP contribution >= 0.6 is 0 Å². The number of carbonyl (C=O) groups is 2. The average Bonchev–Trinajstić information content (AvgIpc) is 3.26. The number of benzene rings is 1. The number of nitrogens with zero attached hydrogens (tertiary/aromatic N) is 3. The Balaban J connectivity index is 1.19. The lowest BCUT2D eigenvalue weighted by atomic mass is 10.1. The summed E-state index contributed by atoms with van der Waals surface area (Å²) in [6.07, 6.45) is 3.65. The molecule has 6 heteroatoms. The first-order chi connectivity index (χ1) is 12.7. The Hall–Kier alpha value is -1.76. The van der Waals surface area contributed by atoms with Crippen molar-refractivity contribution in [2.45, 2.75) is 25.4 Å². The van der Waals surface area contributed by atoms with Gasteiger partial charge in [-0.2, -0.15) is 0 Å². The van der Waals surface area contributed by atoms with Gasteiger partial charge in [-0.3, -0.25) is 19.4 Å². The lowest BCUT2D eigenvalue weighted by Gasteiger charge is -2.35. The van der Waals surface area contributed by atoms with Gasteiger partial charge in [0.05, 0.1) is 17.2 Å². The molecule has 6 nitrogen and oxygen atoms in total. The largest absolute Gasteiger partial charge is 0.377 e. The molecule has 3 aliphatic heterocycles. The first-order valence-corrected chi connectivity index (χ1v) is 9.74. The third-order valence-electron chi connectivity index (χ3n) is 5.68. The van der Waals surface area contributed by atoms with Gasteiger partial charge in [-0.25, -0.2) is 0 Å². The molecule has 0 saturated carbocycles. The fourth-order valence-electron chi connectivity index (χ4n) is 4.17. The molecule has 0 N–H and O–H groups in total. The minimum atomic E-state index is -0.146. The summed E-state index contributed by atoms with van der Waals surface area (Å²) in [7, 11) is 0. The molecule has 3 aliphatic rings. The molecule has 140 valence electrons. The van der Waals surface area contributed by atoms with Crippen LogP contribution in [-0.2, 0) is 4.74 Å². The highest BCUT2D eigenvalue weighted by atomic mass is 16.5. The molecule has 0 spiro atoms. The lowest BCUT2D eigenvalue weighted by molar-refractivity contribution is 0.0491. The molecule has 1 aromatic carbocycles. The van der Waals surface area contributed by atoms with E-state index in [1.54, 1.807) is 12.1 Å². The predicted octanol–water partition coefficient (Wildman–Crippen LogP) is 1.47. The van der Waals surface area contributed by atoms with Crippen LogP contribution in [-0.4, -0.2) is 85.0 Å². The number of ether oxygens (including phenoxy) is 1. The first kappa shape index (κ1) is 17.6. The van der Waals surface area contributed by atoms with Crippen LogP contribution in [0.15, 0.2) is 24.3 Å². The molecule has 0 bridgehead atoms. The van der Waals surface area contributed by atoms with Crippen molar-refractivity contribution in [3.63, 3.8) is 0 Å². The van der Waals surface area contributed by atoms with Crippen molar-refractivity contribution < 1.29 is 14.3 Å². The number of fused-ring (bicyclic) bond motifs is 1. The SMILES string of the molecule is O=C1c2ccccc2C(=O)N1CCCN1CCN(CC2CCCO2)CC1. The molecule has 2 amide bonds. The quantitative estimate of drug-likeness (QED) is 0.722. The number of hydrogen-bond acceptors (Lipinski definition) is 5. The molecule has 3 heterocycles. The summed E-state index contributed by atoms with van der Waals surface area (Å²) in [5.41, 5.74) is 1.08. The molecular weight excluding hydrogens is 330 g/mol. The smallest absolute Gasteiger partial charge is 0.261 e. The van der Waals surface area contributed by atoms with Crippen molar-refractivity contribution in [2.75, 3.05) is 52.4 Å². The second-order valence-electron chi connectivity index (χ2n) is 7.44. The molecule has 1 unspecified atom stereocenters. The standard InChI is InChI=1S/C20H27N3O3/c24-19-17-6-1-2-7-18(17)20(25)23(19)9-4-8-21-10-12-22(13-11-21)15-16-5-3-14-26-16/h1-2,6-7,16H,3-5,8-15H2. The zero-order valence-corrected chi connectivity index (χ0v) is 15.2. The Morgan fingerprint density at radius 1 is 0.923 bits per heavy atom. The number of carbonyl (C=O) groups excluding carboxylic acids is 2. The van der Waals surface area contributed by atoms with Gasteiger partial charge in [-0.1, -0.05) is 12.1 Å². The van der Waals surface area contributed by atoms with E-state index in [4.69, 9.17) is 4.74 Å². The summed E-state index contributed by atoms with van der Waals surface area (Å²) < 4.78 is 5.73. The fraction of sp³-hybridized carbons (Fsp3) is 0.600. The average molecular weight is 357 g/mol. The van der Waals surface area contributed by atoms with E-state index in [2.05, 4.69) is 9.80 Å². The van der Waals surface area contributed by atoms with E-state index in [0.29, 0.717) is 23.8 Å². The fourth-order valence-corrected chi connectivity index (χ4v) is 4.17. The zero-order chi connectivity index (χ0) is 17.9. The normalized spacial score (nSPS) is 24.5. The van der Waals surface area contributed by atoms with E-state index in [9.17, 15) is 9.59 Å². The van der Waals surface area contributed by atoms with Crippen LogP contribution in [0.25, 0.3) is 0 Å². The van der Waals surface area contributed by atoms with Crippen LogP contribution in [0.4, 0.5) is 0 Å². The van der Waals surface area contributed by atoms with Crippen LogP contribution in [0.3, 0.4) is 0 Å². The lowest BCUT2D eigenvalue weighted by Crippen LogP contribution is -2.49. The van der Waals surface area contributed by atoms with Gasteiger partial charge in [0.1, 0.15) is 0 Å². The maximum absolute atomic E-state index is 12.4. The summed E-state index contributed by atoms with van der Waals surface area (Å²) in [5.74, 6) is -0.293. The number of rotatable bonds is 6. The van der Waals surface area contributed by atoms with Crippen molar-refractivity contribution in [1.82, 2.24) is 14.7 Å². The van der Waals surface area contributed by atoms with Crippen molar-refractivity contribution in [3.8, 4) is 0 Å². The van der Waals surface area contributed by atoms with Gasteiger partial charge >= 0.3 is 0 Å². The second-order valence-corrected chi connectivity index (χ2v) is 7.44. The maximum Gasteiger partial charge on any atom is 0.261 e. The highest BCUT2D eigenvalue weighted by Gasteiger charge is 2.34. The first-order valence-electron chi connectivity index (χ1n) is 9.74. The molecule has 1 atom stereocenters. The highest BCUT2D eigenvalue weighted by molar-refractivity contribution is 6.21. The summed E-state index contributed by atoms with van der Waals surface area (Å²) in [6, 6.07) is 7.10. The van der Waals surface area contributed by atoms with Gasteiger partial charge in [0.25, 0.3) is 11.8 Å². The van der Waals surface area contributed by atoms with Crippen LogP contribution in [0.2, 0.25) is 0 Å². The number of imide groups is 1. The van der Waals surface area contributed by atoms with Gasteiger partial charge in [-0.15, -0.1) is 0 Å². The topological polar surface area (TPSA) is 53.1 Å². The molecule has 2 saturated heterocycles. The van der Waals surface area contributed by atoms with E-state index in [1.165, 1.54) is 17.7 Å². The number of amides is 2. The third kappa shape index (κ3) is 3.68. The molecule has 4 rings (SSSR count). The third-order valence-corrected chi connectivity index (χ3v) is 5.68. The number of piperazine rings is 1. The molecule has 0 aliphatic carbocycles. The summed E-state index contributed by atoms with van der Waals surface area (Å²) in [6.45, 7) is 7.67. The maximum atomic E-state index is 12.4. The summed E-state index contributed by atoms with van der Waals surface area (Å²) >= 11 is 0. The second kappa shape index (κ2) is 7.86. The Kier molecular flexibility index (Phi) is 5.33. The van der Waals surface area contributed by atoms with Crippen molar-refractivity contribution in [2.24, 2.45) is 0 Å². The van der Waals surface area contributed by atoms with E-state index in [0.717, 1.165) is 52.3 Å². The molecule has 0 radical (unpaired) electrons. The molecule has 0 aromatic heterocycles. The van der Waals surface area contributed by atoms with Crippen LogP contribution in [0.1, 0.15) is 40.0 Å². The van der Waals surface area contributed by atoms with Crippen LogP contribution in [0, 0.1) is 0 Å². The van der Waals surface area contributed by atoms with Gasteiger partial charge < -0.3 is 9.64 Å². The Bertz CT molecular complexity index is 629. The zero-order valence-electron chi connectivity index (χ0n) is 15.2. The minimum absolute atomic E-state index is 0.146. The summed E-state index contributed by atoms with van der Waals surface area (Å²) in [4.78, 5) is 31.1. The van der Waals surface area contributed by atoms with Gasteiger partial charge in [0.2, 0.25) is 0 Å². The van der Waals surface area contributed by atoms with Gasteiger partial charge in [-0.05, 0) is 37.9 Å². The van der Waals surface area contributed by atoms with Crippen molar-refractivity contribution in [3.05, 3.63) is 35.4 Å². The Morgan fingerprint density at radius 2 is 1.58 bits per heavy atom. The Morgan fingerprint density at radius 3 is 2.19 bits per heavy atom. The van der Waals surface area contributed by atoms with E-state index in [1.807, 2.05) is 12.1 Å². The van der Waals surface area contributed by atoms with Gasteiger partial charge in [0.15, 0.2) is 0 Å². The van der Waals surface area contributed by atoms with Crippen molar-refractivity contribution in [1.29, 1.82) is 0 Å². The Labute approximate surface area is 154 Å². The minimum Gasteiger partial charge on any atom is -0.377 e. The van der Waals surface area contributed by atoms with Crippen LogP contribution in [0.5, 0.6) is 0 Å². The molecule has 2 fully saturated rings. The highest BCUT2D eigenvalue weighted by Crippen LogP contribution is 2.22. The van der Waals surface area contributed by atoms with E-state index in [-0.39, 0.29) is 11.8 Å². The molecule has 26 heavy (non-hydrogen) atoms. The monoisotopic (exact) mass is 357 g/mol. The molecule has 1 aromatic rings. The van der Waals surface area contributed by atoms with Gasteiger partial charge in [0, 0.05) is 45.9 Å². The number of hydrogen-bond donors (Lipinski definition) is 0. The van der Waals surface area contributed by atoms with Crippen molar-refractivity contribution >= 4 is 11.8 Å². The molecular formula is C20H27N3O3. The van der Waals surface area contributed by atoms with E-state index < -0.39 is 0 Å². The summed E-state index contributed by atoms with van der Waals surface area (Å²) in [5, 5.41) is 0.